The third kappa shape index (κ3) is 3.35. The Balaban J connectivity index is 1.88. The van der Waals surface area contributed by atoms with E-state index in [1.165, 1.54) is 4.90 Å². The van der Waals surface area contributed by atoms with Crippen molar-refractivity contribution in [2.45, 2.75) is 32.7 Å². The van der Waals surface area contributed by atoms with E-state index in [1.807, 2.05) is 51.1 Å². The van der Waals surface area contributed by atoms with E-state index in [0.717, 1.165) is 15.3 Å². The number of rotatable bonds is 3. The van der Waals surface area contributed by atoms with Crippen LogP contribution in [-0.2, 0) is 10.3 Å². The second-order valence-corrected chi connectivity index (χ2v) is 8.20. The number of carbonyl (C=O) groups excluding carboxylic acids is 2. The molecular formula is C19H22N4O2S. The van der Waals surface area contributed by atoms with Gasteiger partial charge in [0.1, 0.15) is 0 Å². The standard InChI is InChI=1S/C19H22N4O2S/c1-11-8-15(12(2)26-11)17(25)21-14-7-5-6-13(9-14)19(3)10-16(24)23(4)18(20)22-19/h5-9H,10H2,1-4H3,(H2,20,22)(H,21,25)/t19-/m0/s1. The molecule has 7 heteroatoms. The molecule has 6 nitrogen and oxygen atoms in total. The van der Waals surface area contributed by atoms with Gasteiger partial charge in [-0.3, -0.25) is 14.5 Å². The zero-order valence-electron chi connectivity index (χ0n) is 15.3. The van der Waals surface area contributed by atoms with Crippen molar-refractivity contribution in [3.63, 3.8) is 0 Å². The van der Waals surface area contributed by atoms with Crippen LogP contribution in [0.3, 0.4) is 0 Å². The maximum Gasteiger partial charge on any atom is 0.256 e. The number of thiophene rings is 1. The van der Waals surface area contributed by atoms with Crippen molar-refractivity contribution in [3.05, 3.63) is 51.2 Å². The van der Waals surface area contributed by atoms with Gasteiger partial charge < -0.3 is 11.1 Å². The molecule has 1 atom stereocenters. The zero-order chi connectivity index (χ0) is 19.1. The van der Waals surface area contributed by atoms with Gasteiger partial charge in [0.25, 0.3) is 5.91 Å². The number of hydrogen-bond acceptors (Lipinski definition) is 5. The molecule has 2 heterocycles. The summed E-state index contributed by atoms with van der Waals surface area (Å²) in [6, 6.07) is 9.30. The maximum absolute atomic E-state index is 12.5. The van der Waals surface area contributed by atoms with E-state index in [1.54, 1.807) is 18.4 Å². The number of nitrogens with one attached hydrogen (secondary N) is 1. The molecule has 1 aliphatic heterocycles. The molecule has 3 rings (SSSR count). The Hall–Kier alpha value is -2.67. The van der Waals surface area contributed by atoms with Crippen molar-refractivity contribution in [1.82, 2.24) is 4.90 Å². The van der Waals surface area contributed by atoms with Crippen LogP contribution in [0.25, 0.3) is 0 Å². The van der Waals surface area contributed by atoms with Gasteiger partial charge in [-0.05, 0) is 44.5 Å². The van der Waals surface area contributed by atoms with E-state index in [-0.39, 0.29) is 24.2 Å². The number of nitrogens with zero attached hydrogens (tertiary/aromatic N) is 2. The smallest absolute Gasteiger partial charge is 0.256 e. The highest BCUT2D eigenvalue weighted by atomic mass is 32.1. The van der Waals surface area contributed by atoms with Crippen LogP contribution >= 0.6 is 11.3 Å². The number of nitrogens with two attached hydrogens (primary N) is 1. The lowest BCUT2D eigenvalue weighted by Crippen LogP contribution is -2.47. The molecule has 0 fully saturated rings. The first-order chi connectivity index (χ1) is 12.2. The summed E-state index contributed by atoms with van der Waals surface area (Å²) in [5.41, 5.74) is 7.31. The summed E-state index contributed by atoms with van der Waals surface area (Å²) in [6.07, 6.45) is 0.227. The SMILES string of the molecule is Cc1cc(C(=O)Nc2cccc([C@]3(C)CC(=O)N(C)C(N)=N3)c2)c(C)s1. The number of hydrogen-bond donors (Lipinski definition) is 2. The Bertz CT molecular complexity index is 918. The predicted molar refractivity (Wildman–Crippen MR) is 105 cm³/mol. The average molecular weight is 370 g/mol. The van der Waals surface area contributed by atoms with Crippen molar-refractivity contribution in [2.75, 3.05) is 12.4 Å². The highest BCUT2D eigenvalue weighted by Gasteiger charge is 2.36. The van der Waals surface area contributed by atoms with Gasteiger partial charge in [0.15, 0.2) is 5.96 Å². The second-order valence-electron chi connectivity index (χ2n) is 6.74. The molecule has 1 aromatic carbocycles. The Labute approximate surface area is 156 Å². The summed E-state index contributed by atoms with van der Waals surface area (Å²) < 4.78 is 0. The fraction of sp³-hybridized carbons (Fsp3) is 0.316. The molecule has 1 aliphatic rings. The van der Waals surface area contributed by atoms with E-state index in [9.17, 15) is 9.59 Å². The fourth-order valence-electron chi connectivity index (χ4n) is 3.06. The Morgan fingerprint density at radius 2 is 2.08 bits per heavy atom. The molecule has 2 aromatic rings. The molecule has 0 bridgehead atoms. The number of aliphatic imine (C=N–C) groups is 1. The fourth-order valence-corrected chi connectivity index (χ4v) is 3.98. The first-order valence-corrected chi connectivity index (χ1v) is 9.12. The van der Waals surface area contributed by atoms with Crippen LogP contribution in [0.2, 0.25) is 0 Å². The largest absolute Gasteiger partial charge is 0.369 e. The third-order valence-corrected chi connectivity index (χ3v) is 5.57. The number of carbonyl (C=O) groups is 2. The first kappa shape index (κ1) is 18.1. The van der Waals surface area contributed by atoms with Gasteiger partial charge in [-0.1, -0.05) is 12.1 Å². The van der Waals surface area contributed by atoms with Crippen molar-refractivity contribution >= 4 is 34.8 Å². The van der Waals surface area contributed by atoms with Crippen LogP contribution in [0.15, 0.2) is 35.3 Å². The summed E-state index contributed by atoms with van der Waals surface area (Å²) in [4.78, 5) is 32.7. The minimum Gasteiger partial charge on any atom is -0.369 e. The molecule has 0 unspecified atom stereocenters. The number of benzene rings is 1. The van der Waals surface area contributed by atoms with Gasteiger partial charge in [-0.25, -0.2) is 4.99 Å². The molecule has 0 radical (unpaired) electrons. The lowest BCUT2D eigenvalue weighted by atomic mass is 9.87. The quantitative estimate of drug-likeness (QED) is 0.870. The normalized spacial score (nSPS) is 20.1. The summed E-state index contributed by atoms with van der Waals surface area (Å²) >= 11 is 1.60. The number of anilines is 1. The Morgan fingerprint density at radius 3 is 2.69 bits per heavy atom. The lowest BCUT2D eigenvalue weighted by molar-refractivity contribution is -0.128. The first-order valence-electron chi connectivity index (χ1n) is 8.30. The topological polar surface area (TPSA) is 87.8 Å². The molecule has 0 saturated heterocycles. The number of amides is 2. The van der Waals surface area contributed by atoms with Crippen molar-refractivity contribution in [3.8, 4) is 0 Å². The molecule has 2 amide bonds. The van der Waals surface area contributed by atoms with Crippen LogP contribution in [0.5, 0.6) is 0 Å². The van der Waals surface area contributed by atoms with E-state index in [0.29, 0.717) is 11.3 Å². The minimum absolute atomic E-state index is 0.0844. The Morgan fingerprint density at radius 1 is 1.35 bits per heavy atom. The van der Waals surface area contributed by atoms with Gasteiger partial charge >= 0.3 is 0 Å². The van der Waals surface area contributed by atoms with E-state index < -0.39 is 5.54 Å². The molecule has 136 valence electrons. The van der Waals surface area contributed by atoms with E-state index in [4.69, 9.17) is 5.73 Å². The van der Waals surface area contributed by atoms with Crippen molar-refractivity contribution in [1.29, 1.82) is 0 Å². The number of guanidine groups is 1. The average Bonchev–Trinajstić information content (AvgIpc) is 2.91. The molecule has 0 aliphatic carbocycles. The summed E-state index contributed by atoms with van der Waals surface area (Å²) in [6.45, 7) is 5.79. The maximum atomic E-state index is 12.5. The van der Waals surface area contributed by atoms with Crippen LogP contribution < -0.4 is 11.1 Å². The third-order valence-electron chi connectivity index (χ3n) is 4.60. The summed E-state index contributed by atoms with van der Waals surface area (Å²) in [7, 11) is 1.61. The van der Waals surface area contributed by atoms with E-state index in [2.05, 4.69) is 10.3 Å². The van der Waals surface area contributed by atoms with Crippen LogP contribution in [0.4, 0.5) is 5.69 Å². The van der Waals surface area contributed by atoms with Gasteiger partial charge in [-0.2, -0.15) is 0 Å². The molecule has 26 heavy (non-hydrogen) atoms. The zero-order valence-corrected chi connectivity index (χ0v) is 16.1. The minimum atomic E-state index is -0.747. The molecule has 0 saturated carbocycles. The molecule has 3 N–H and O–H groups in total. The Kier molecular flexibility index (Phi) is 4.58. The second kappa shape index (κ2) is 6.57. The van der Waals surface area contributed by atoms with Gasteiger partial charge in [0.2, 0.25) is 5.91 Å². The predicted octanol–water partition coefficient (Wildman–Crippen LogP) is 3.01. The van der Waals surface area contributed by atoms with Crippen LogP contribution in [-0.4, -0.2) is 29.7 Å². The molecule has 1 aromatic heterocycles. The summed E-state index contributed by atoms with van der Waals surface area (Å²) in [5.74, 6) is -0.0296. The van der Waals surface area contributed by atoms with Crippen LogP contribution in [0, 0.1) is 13.8 Å². The highest BCUT2D eigenvalue weighted by Crippen LogP contribution is 2.34. The summed E-state index contributed by atoms with van der Waals surface area (Å²) in [5, 5.41) is 2.93. The van der Waals surface area contributed by atoms with E-state index >= 15 is 0 Å². The molecule has 0 spiro atoms. The highest BCUT2D eigenvalue weighted by molar-refractivity contribution is 7.12. The van der Waals surface area contributed by atoms with Crippen molar-refractivity contribution < 1.29 is 9.59 Å². The van der Waals surface area contributed by atoms with Gasteiger partial charge in [-0.15, -0.1) is 11.3 Å². The number of aryl methyl sites for hydroxylation is 2. The van der Waals surface area contributed by atoms with Gasteiger partial charge in [0.05, 0.1) is 17.5 Å². The van der Waals surface area contributed by atoms with Gasteiger partial charge in [0, 0.05) is 22.5 Å². The lowest BCUT2D eigenvalue weighted by Gasteiger charge is -2.33. The van der Waals surface area contributed by atoms with Crippen LogP contribution in [0.1, 0.15) is 39.0 Å². The monoisotopic (exact) mass is 370 g/mol. The van der Waals surface area contributed by atoms with Crippen molar-refractivity contribution in [2.24, 2.45) is 10.7 Å². The molecular weight excluding hydrogens is 348 g/mol.